The van der Waals surface area contributed by atoms with Crippen LogP contribution < -0.4 is 9.64 Å². The maximum atomic E-state index is 13.6. The zero-order valence-corrected chi connectivity index (χ0v) is 16.5. The standard InChI is InChI=1S/C22H25FN2O4/c1-28-20-9-5-4-8-19(20)24-12-14-25(15-13-24)21(26)16-29-22(27)11-10-17-6-2-3-7-18(17)23/h2-9H,10-16H2,1H3. The summed E-state index contributed by atoms with van der Waals surface area (Å²) in [5.74, 6) is -0.265. The topological polar surface area (TPSA) is 59.1 Å². The third-order valence-electron chi connectivity index (χ3n) is 4.97. The van der Waals surface area contributed by atoms with E-state index in [0.29, 0.717) is 31.7 Å². The molecule has 154 valence electrons. The summed E-state index contributed by atoms with van der Waals surface area (Å²) in [4.78, 5) is 28.1. The first-order valence-corrected chi connectivity index (χ1v) is 9.63. The minimum absolute atomic E-state index is 0.0375. The normalized spacial score (nSPS) is 13.9. The van der Waals surface area contributed by atoms with Crippen molar-refractivity contribution in [3.8, 4) is 5.75 Å². The zero-order chi connectivity index (χ0) is 20.6. The number of halogens is 1. The molecular formula is C22H25FN2O4. The number of aryl methyl sites for hydroxylation is 1. The molecule has 2 aromatic rings. The summed E-state index contributed by atoms with van der Waals surface area (Å²) in [6.45, 7) is 2.15. The number of esters is 1. The highest BCUT2D eigenvalue weighted by molar-refractivity contribution is 5.81. The number of ether oxygens (including phenoxy) is 2. The van der Waals surface area contributed by atoms with E-state index in [1.807, 2.05) is 24.3 Å². The highest BCUT2D eigenvalue weighted by Gasteiger charge is 2.23. The quantitative estimate of drug-likeness (QED) is 0.669. The van der Waals surface area contributed by atoms with E-state index < -0.39 is 5.97 Å². The van der Waals surface area contributed by atoms with E-state index >= 15 is 0 Å². The summed E-state index contributed by atoms with van der Waals surface area (Å²) in [6, 6.07) is 14.1. The zero-order valence-electron chi connectivity index (χ0n) is 16.5. The lowest BCUT2D eigenvalue weighted by molar-refractivity contribution is -0.152. The van der Waals surface area contributed by atoms with E-state index in [-0.39, 0.29) is 31.2 Å². The summed E-state index contributed by atoms with van der Waals surface area (Å²) >= 11 is 0. The summed E-state index contributed by atoms with van der Waals surface area (Å²) in [7, 11) is 1.64. The SMILES string of the molecule is COc1ccccc1N1CCN(C(=O)COC(=O)CCc2ccccc2F)CC1. The Hall–Kier alpha value is -3.09. The second-order valence-electron chi connectivity index (χ2n) is 6.79. The van der Waals surface area contributed by atoms with Gasteiger partial charge in [-0.1, -0.05) is 30.3 Å². The van der Waals surface area contributed by atoms with Crippen LogP contribution in [0.5, 0.6) is 5.75 Å². The molecule has 0 saturated carbocycles. The molecule has 0 unspecified atom stereocenters. The van der Waals surface area contributed by atoms with E-state index in [0.717, 1.165) is 11.4 Å². The van der Waals surface area contributed by atoms with Gasteiger partial charge >= 0.3 is 5.97 Å². The summed E-state index contributed by atoms with van der Waals surface area (Å²) < 4.78 is 24.1. The number of hydrogen-bond donors (Lipinski definition) is 0. The Morgan fingerprint density at radius 2 is 1.69 bits per heavy atom. The first-order valence-electron chi connectivity index (χ1n) is 9.63. The van der Waals surface area contributed by atoms with Gasteiger partial charge in [0, 0.05) is 32.6 Å². The number of carbonyl (C=O) groups is 2. The summed E-state index contributed by atoms with van der Waals surface area (Å²) in [5.41, 5.74) is 1.46. The lowest BCUT2D eigenvalue weighted by atomic mass is 10.1. The second kappa shape index (κ2) is 9.91. The largest absolute Gasteiger partial charge is 0.495 e. The molecule has 2 aromatic carbocycles. The number of nitrogens with zero attached hydrogens (tertiary/aromatic N) is 2. The van der Waals surface area contributed by atoms with Crippen LogP contribution in [0, 0.1) is 5.82 Å². The molecule has 0 aliphatic carbocycles. The van der Waals surface area contributed by atoms with Crippen molar-refractivity contribution in [3.63, 3.8) is 0 Å². The van der Waals surface area contributed by atoms with Crippen molar-refractivity contribution < 1.29 is 23.5 Å². The fraction of sp³-hybridized carbons (Fsp3) is 0.364. The predicted molar refractivity (Wildman–Crippen MR) is 107 cm³/mol. The number of hydrogen-bond acceptors (Lipinski definition) is 5. The molecule has 1 heterocycles. The monoisotopic (exact) mass is 400 g/mol. The molecule has 3 rings (SSSR count). The van der Waals surface area contributed by atoms with Crippen LogP contribution in [0.1, 0.15) is 12.0 Å². The van der Waals surface area contributed by atoms with Gasteiger partial charge in [0.2, 0.25) is 0 Å². The lowest BCUT2D eigenvalue weighted by Crippen LogP contribution is -2.50. The molecule has 1 aliphatic rings. The van der Waals surface area contributed by atoms with Crippen LogP contribution in [-0.2, 0) is 20.7 Å². The Kier molecular flexibility index (Phi) is 7.05. The number of carbonyl (C=O) groups excluding carboxylic acids is 2. The molecule has 1 fully saturated rings. The number of piperazine rings is 1. The Balaban J connectivity index is 1.41. The minimum atomic E-state index is -0.505. The first kappa shape index (κ1) is 20.6. The Bertz CT molecular complexity index is 850. The molecular weight excluding hydrogens is 375 g/mol. The predicted octanol–water partition coefficient (Wildman–Crippen LogP) is 2.66. The third-order valence-corrected chi connectivity index (χ3v) is 4.97. The molecule has 1 aliphatic heterocycles. The van der Waals surface area contributed by atoms with Crippen molar-refractivity contribution in [2.75, 3.05) is 44.8 Å². The molecule has 1 saturated heterocycles. The van der Waals surface area contributed by atoms with Crippen molar-refractivity contribution in [3.05, 3.63) is 59.9 Å². The molecule has 29 heavy (non-hydrogen) atoms. The Morgan fingerprint density at radius 3 is 2.41 bits per heavy atom. The van der Waals surface area contributed by atoms with E-state index in [4.69, 9.17) is 9.47 Å². The van der Waals surface area contributed by atoms with Crippen LogP contribution in [0.15, 0.2) is 48.5 Å². The van der Waals surface area contributed by atoms with Crippen LogP contribution in [0.4, 0.5) is 10.1 Å². The number of rotatable bonds is 7. The van der Waals surface area contributed by atoms with Crippen molar-refractivity contribution >= 4 is 17.6 Å². The van der Waals surface area contributed by atoms with Gasteiger partial charge in [-0.3, -0.25) is 9.59 Å². The highest BCUT2D eigenvalue weighted by atomic mass is 19.1. The van der Waals surface area contributed by atoms with Gasteiger partial charge in [-0.15, -0.1) is 0 Å². The summed E-state index contributed by atoms with van der Waals surface area (Å²) in [5, 5.41) is 0. The molecule has 1 amide bonds. The van der Waals surface area contributed by atoms with Crippen LogP contribution in [0.25, 0.3) is 0 Å². The van der Waals surface area contributed by atoms with Crippen molar-refractivity contribution in [2.24, 2.45) is 0 Å². The van der Waals surface area contributed by atoms with Gasteiger partial charge in [0.05, 0.1) is 12.8 Å². The lowest BCUT2D eigenvalue weighted by Gasteiger charge is -2.36. The molecule has 0 bridgehead atoms. The van der Waals surface area contributed by atoms with Gasteiger partial charge < -0.3 is 19.3 Å². The average Bonchev–Trinajstić information content (AvgIpc) is 2.77. The Morgan fingerprint density at radius 1 is 1.00 bits per heavy atom. The molecule has 0 radical (unpaired) electrons. The first-order chi connectivity index (χ1) is 14.1. The number of benzene rings is 2. The maximum Gasteiger partial charge on any atom is 0.306 e. The second-order valence-corrected chi connectivity index (χ2v) is 6.79. The molecule has 7 heteroatoms. The molecule has 0 aromatic heterocycles. The van der Waals surface area contributed by atoms with E-state index in [2.05, 4.69) is 4.90 Å². The molecule has 0 spiro atoms. The van der Waals surface area contributed by atoms with Crippen LogP contribution in [-0.4, -0.2) is 56.7 Å². The number of amides is 1. The van der Waals surface area contributed by atoms with Gasteiger partial charge in [0.25, 0.3) is 5.91 Å². The molecule has 6 nitrogen and oxygen atoms in total. The Labute approximate surface area is 169 Å². The van der Waals surface area contributed by atoms with Gasteiger partial charge in [-0.25, -0.2) is 4.39 Å². The van der Waals surface area contributed by atoms with Crippen molar-refractivity contribution in [1.82, 2.24) is 4.90 Å². The van der Waals surface area contributed by atoms with Gasteiger partial charge in [-0.2, -0.15) is 0 Å². The number of anilines is 1. The number of methoxy groups -OCH3 is 1. The fourth-order valence-electron chi connectivity index (χ4n) is 3.33. The van der Waals surface area contributed by atoms with Crippen LogP contribution >= 0.6 is 0 Å². The third kappa shape index (κ3) is 5.47. The van der Waals surface area contributed by atoms with Crippen molar-refractivity contribution in [2.45, 2.75) is 12.8 Å². The van der Waals surface area contributed by atoms with Crippen LogP contribution in [0.3, 0.4) is 0 Å². The average molecular weight is 400 g/mol. The van der Waals surface area contributed by atoms with Gasteiger partial charge in [0.15, 0.2) is 6.61 Å². The molecule has 0 atom stereocenters. The maximum absolute atomic E-state index is 13.6. The fourth-order valence-corrected chi connectivity index (χ4v) is 3.33. The van der Waals surface area contributed by atoms with E-state index in [1.165, 1.54) is 6.07 Å². The molecule has 0 N–H and O–H groups in total. The van der Waals surface area contributed by atoms with E-state index in [9.17, 15) is 14.0 Å². The van der Waals surface area contributed by atoms with E-state index in [1.54, 1.807) is 30.2 Å². The highest BCUT2D eigenvalue weighted by Crippen LogP contribution is 2.28. The van der Waals surface area contributed by atoms with Crippen molar-refractivity contribution in [1.29, 1.82) is 0 Å². The number of para-hydroxylation sites is 2. The van der Waals surface area contributed by atoms with Gasteiger partial charge in [0.1, 0.15) is 11.6 Å². The van der Waals surface area contributed by atoms with Crippen LogP contribution in [0.2, 0.25) is 0 Å². The minimum Gasteiger partial charge on any atom is -0.495 e. The smallest absolute Gasteiger partial charge is 0.306 e. The summed E-state index contributed by atoms with van der Waals surface area (Å²) in [6.07, 6.45) is 0.285. The van der Waals surface area contributed by atoms with Gasteiger partial charge in [-0.05, 0) is 30.2 Å².